The summed E-state index contributed by atoms with van der Waals surface area (Å²) in [4.78, 5) is 28.5. The van der Waals surface area contributed by atoms with Crippen LogP contribution in [-0.4, -0.2) is 22.2 Å². The standard InChI is InChI=1S/C41H28Cl2N2O5/c42-31-14-8-15-32(43)40(31)45-34-17-7-5-13-29(34)30(41(45)48)20-26-24-44(33-16-6-4-12-28(26)33)18-9-19-49-27-21-35(46)39-36(47)23-37(50-38(39)22-27)25-10-2-1-3-11-25/h1-8,10-17,20-24,46H,9,18-19H2/b30-20+. The summed E-state index contributed by atoms with van der Waals surface area (Å²) in [6.07, 6.45) is 4.61. The highest BCUT2D eigenvalue weighted by Gasteiger charge is 2.35. The van der Waals surface area contributed by atoms with Gasteiger partial charge in [0.15, 0.2) is 5.43 Å². The van der Waals surface area contributed by atoms with Crippen molar-refractivity contribution in [3.8, 4) is 22.8 Å². The van der Waals surface area contributed by atoms with E-state index in [1.54, 1.807) is 29.2 Å². The number of carbonyl (C=O) groups excluding carboxylic acids is 1. The number of aromatic hydroxyl groups is 1. The molecule has 8 rings (SSSR count). The maximum Gasteiger partial charge on any atom is 0.263 e. The lowest BCUT2D eigenvalue weighted by molar-refractivity contribution is -0.112. The van der Waals surface area contributed by atoms with E-state index < -0.39 is 0 Å². The maximum absolute atomic E-state index is 14.1. The molecule has 7 nitrogen and oxygen atoms in total. The minimum Gasteiger partial charge on any atom is -0.507 e. The fourth-order valence-corrected chi connectivity index (χ4v) is 7.10. The SMILES string of the molecule is O=C1/C(=C/c2cn(CCCOc3cc(O)c4c(=O)cc(-c5ccccc5)oc4c3)c3ccccc23)c2ccccc2N1c1c(Cl)cccc1Cl. The van der Waals surface area contributed by atoms with E-state index in [4.69, 9.17) is 32.4 Å². The molecule has 1 aliphatic heterocycles. The Kier molecular flexibility index (Phi) is 8.15. The number of nitrogens with zero attached hydrogens (tertiary/aromatic N) is 2. The molecule has 5 aromatic carbocycles. The summed E-state index contributed by atoms with van der Waals surface area (Å²) < 4.78 is 14.2. The number of ether oxygens (including phenoxy) is 1. The molecule has 0 atom stereocenters. The van der Waals surface area contributed by atoms with Crippen LogP contribution in [0, 0.1) is 0 Å². The number of anilines is 2. The maximum atomic E-state index is 14.1. The third-order valence-electron chi connectivity index (χ3n) is 8.80. The molecule has 1 aliphatic rings. The van der Waals surface area contributed by atoms with Crippen LogP contribution in [-0.2, 0) is 11.3 Å². The first-order chi connectivity index (χ1) is 24.4. The van der Waals surface area contributed by atoms with E-state index in [0.717, 1.165) is 33.3 Å². The quantitative estimate of drug-likeness (QED) is 0.126. The first-order valence-corrected chi connectivity index (χ1v) is 16.8. The summed E-state index contributed by atoms with van der Waals surface area (Å²) in [7, 11) is 0. The molecular formula is C41H28Cl2N2O5. The first-order valence-electron chi connectivity index (χ1n) is 16.0. The second-order valence-electron chi connectivity index (χ2n) is 11.9. The highest BCUT2D eigenvalue weighted by molar-refractivity contribution is 6.45. The van der Waals surface area contributed by atoms with E-state index in [-0.39, 0.29) is 28.1 Å². The van der Waals surface area contributed by atoms with E-state index in [2.05, 4.69) is 4.57 Å². The minimum atomic E-state index is -0.331. The molecular weight excluding hydrogens is 671 g/mol. The number of benzene rings is 5. The molecule has 50 heavy (non-hydrogen) atoms. The molecule has 7 aromatic rings. The van der Waals surface area contributed by atoms with E-state index in [0.29, 0.717) is 52.4 Å². The van der Waals surface area contributed by atoms with Crippen LogP contribution in [0.1, 0.15) is 17.5 Å². The second kappa shape index (κ2) is 12.9. The van der Waals surface area contributed by atoms with Gasteiger partial charge in [0.2, 0.25) is 0 Å². The van der Waals surface area contributed by atoms with Crippen LogP contribution in [0.5, 0.6) is 11.5 Å². The van der Waals surface area contributed by atoms with Gasteiger partial charge in [-0.05, 0) is 36.8 Å². The fraction of sp³-hybridized carbons (Fsp3) is 0.0732. The van der Waals surface area contributed by atoms with E-state index >= 15 is 0 Å². The van der Waals surface area contributed by atoms with Crippen molar-refractivity contribution in [2.45, 2.75) is 13.0 Å². The molecule has 0 saturated carbocycles. The zero-order chi connectivity index (χ0) is 34.4. The van der Waals surface area contributed by atoms with Gasteiger partial charge in [0, 0.05) is 58.5 Å². The van der Waals surface area contributed by atoms with Gasteiger partial charge in [0.1, 0.15) is 28.2 Å². The Bertz CT molecular complexity index is 2520. The van der Waals surface area contributed by atoms with E-state index in [9.17, 15) is 14.7 Å². The number of carbonyl (C=O) groups is 1. The number of aryl methyl sites for hydroxylation is 1. The Labute approximate surface area is 296 Å². The lowest BCUT2D eigenvalue weighted by Gasteiger charge is -2.20. The number of para-hydroxylation sites is 3. The zero-order valence-corrected chi connectivity index (χ0v) is 28.0. The second-order valence-corrected chi connectivity index (χ2v) is 12.8. The van der Waals surface area contributed by atoms with Crippen molar-refractivity contribution in [2.75, 3.05) is 11.5 Å². The topological polar surface area (TPSA) is 84.9 Å². The van der Waals surface area contributed by atoms with Gasteiger partial charge in [-0.15, -0.1) is 0 Å². The van der Waals surface area contributed by atoms with Gasteiger partial charge >= 0.3 is 0 Å². The van der Waals surface area contributed by atoms with Gasteiger partial charge in [-0.25, -0.2) is 0 Å². The molecule has 0 spiro atoms. The van der Waals surface area contributed by atoms with Gasteiger partial charge in [0.25, 0.3) is 5.91 Å². The van der Waals surface area contributed by atoms with Crippen molar-refractivity contribution in [1.82, 2.24) is 4.57 Å². The molecule has 0 bridgehead atoms. The summed E-state index contributed by atoms with van der Waals surface area (Å²) in [6, 6.07) is 34.6. The van der Waals surface area contributed by atoms with Gasteiger partial charge in [0.05, 0.1) is 33.6 Å². The number of amides is 1. The number of phenols is 1. The normalized spacial score (nSPS) is 13.4. The third-order valence-corrected chi connectivity index (χ3v) is 9.41. The van der Waals surface area contributed by atoms with E-state index in [1.807, 2.05) is 91.1 Å². The molecule has 0 unspecified atom stereocenters. The van der Waals surface area contributed by atoms with Crippen molar-refractivity contribution in [3.63, 3.8) is 0 Å². The van der Waals surface area contributed by atoms with Crippen molar-refractivity contribution in [2.24, 2.45) is 0 Å². The number of halogens is 2. The molecule has 9 heteroatoms. The van der Waals surface area contributed by atoms with Gasteiger partial charge in [-0.2, -0.15) is 0 Å². The molecule has 0 saturated heterocycles. The zero-order valence-electron chi connectivity index (χ0n) is 26.5. The highest BCUT2D eigenvalue weighted by Crippen LogP contribution is 2.47. The highest BCUT2D eigenvalue weighted by atomic mass is 35.5. The molecule has 0 aliphatic carbocycles. The average molecular weight is 700 g/mol. The molecule has 2 aromatic heterocycles. The smallest absolute Gasteiger partial charge is 0.263 e. The van der Waals surface area contributed by atoms with Crippen LogP contribution in [0.15, 0.2) is 131 Å². The van der Waals surface area contributed by atoms with Gasteiger partial charge in [-0.1, -0.05) is 96.0 Å². The number of fused-ring (bicyclic) bond motifs is 3. The lowest BCUT2D eigenvalue weighted by Crippen LogP contribution is -2.21. The lowest BCUT2D eigenvalue weighted by atomic mass is 10.0. The van der Waals surface area contributed by atoms with Crippen LogP contribution in [0.25, 0.3) is 44.8 Å². The molecule has 1 N–H and O–H groups in total. The molecule has 0 fully saturated rings. The monoisotopic (exact) mass is 698 g/mol. The van der Waals surface area contributed by atoms with Crippen molar-refractivity contribution in [1.29, 1.82) is 0 Å². The number of rotatable bonds is 8. The summed E-state index contributed by atoms with van der Waals surface area (Å²) in [5.41, 5.74) is 5.10. The third kappa shape index (κ3) is 5.60. The predicted octanol–water partition coefficient (Wildman–Crippen LogP) is 10.1. The Balaban J connectivity index is 1.05. The van der Waals surface area contributed by atoms with Crippen LogP contribution in [0.4, 0.5) is 11.4 Å². The van der Waals surface area contributed by atoms with E-state index in [1.165, 1.54) is 12.1 Å². The molecule has 0 radical (unpaired) electrons. The van der Waals surface area contributed by atoms with Crippen LogP contribution >= 0.6 is 23.2 Å². The number of aromatic nitrogens is 1. The van der Waals surface area contributed by atoms with Gasteiger partial charge < -0.3 is 18.8 Å². The van der Waals surface area contributed by atoms with Crippen molar-refractivity contribution in [3.05, 3.63) is 153 Å². The summed E-state index contributed by atoms with van der Waals surface area (Å²) >= 11 is 13.1. The minimum absolute atomic E-state index is 0.110. The number of phenolic OH excluding ortho intramolecular Hbond substituents is 1. The first kappa shape index (κ1) is 31.5. The predicted molar refractivity (Wildman–Crippen MR) is 200 cm³/mol. The van der Waals surface area contributed by atoms with Crippen LogP contribution in [0.3, 0.4) is 0 Å². The summed E-state index contributed by atoms with van der Waals surface area (Å²) in [5.74, 6) is 0.399. The van der Waals surface area contributed by atoms with Crippen LogP contribution < -0.4 is 15.1 Å². The Morgan fingerprint density at radius 1 is 0.820 bits per heavy atom. The summed E-state index contributed by atoms with van der Waals surface area (Å²) in [6.45, 7) is 0.971. The molecule has 246 valence electrons. The molecule has 3 heterocycles. The van der Waals surface area contributed by atoms with Gasteiger partial charge in [-0.3, -0.25) is 14.5 Å². The van der Waals surface area contributed by atoms with Crippen molar-refractivity contribution >= 4 is 74.0 Å². The van der Waals surface area contributed by atoms with Crippen LogP contribution in [0.2, 0.25) is 10.0 Å². The Hall–Kier alpha value is -5.76. The fourth-order valence-electron chi connectivity index (χ4n) is 6.53. The Morgan fingerprint density at radius 3 is 2.38 bits per heavy atom. The summed E-state index contributed by atoms with van der Waals surface area (Å²) in [5, 5.41) is 12.6. The van der Waals surface area contributed by atoms with Crippen molar-refractivity contribution < 1.29 is 19.1 Å². The molecule has 1 amide bonds. The number of hydrogen-bond acceptors (Lipinski definition) is 5. The largest absolute Gasteiger partial charge is 0.507 e. The number of hydrogen-bond donors (Lipinski definition) is 1. The average Bonchev–Trinajstić information content (AvgIpc) is 3.61. The Morgan fingerprint density at radius 2 is 1.56 bits per heavy atom.